The Morgan fingerprint density at radius 1 is 0.882 bits per heavy atom. The van der Waals surface area contributed by atoms with Crippen LogP contribution in [0.1, 0.15) is 15.9 Å². The van der Waals surface area contributed by atoms with Crippen LogP contribution < -0.4 is 14.4 Å². The molecule has 0 aliphatic rings. The van der Waals surface area contributed by atoms with Gasteiger partial charge in [0.25, 0.3) is 15.9 Å². The Morgan fingerprint density at radius 3 is 2.32 bits per heavy atom. The lowest BCUT2D eigenvalue weighted by Crippen LogP contribution is -2.32. The molecule has 0 spiro atoms. The number of hydrogen-bond acceptors (Lipinski definition) is 4. The summed E-state index contributed by atoms with van der Waals surface area (Å²) in [5, 5.41) is 5.02. The van der Waals surface area contributed by atoms with Gasteiger partial charge < -0.3 is 10.1 Å². The summed E-state index contributed by atoms with van der Waals surface area (Å²) in [6, 6.07) is 27.1. The van der Waals surface area contributed by atoms with Crippen molar-refractivity contribution >= 4 is 32.4 Å². The highest BCUT2D eigenvalue weighted by molar-refractivity contribution is 7.92. The van der Waals surface area contributed by atoms with E-state index >= 15 is 0 Å². The van der Waals surface area contributed by atoms with Gasteiger partial charge in [-0.25, -0.2) is 8.42 Å². The number of ether oxygens (including phenoxy) is 1. The molecule has 0 saturated heterocycles. The Balaban J connectivity index is 1.42. The minimum Gasteiger partial charge on any atom is -0.492 e. The minimum absolute atomic E-state index is 0.166. The fourth-order valence-electron chi connectivity index (χ4n) is 3.62. The SMILES string of the molecule is Cc1ccc(S(=O)(=O)N(C)c2ccccc2C(=O)NCCOc2ccc3ccccc3c2)cc1. The van der Waals surface area contributed by atoms with Gasteiger partial charge in [0.05, 0.1) is 22.7 Å². The van der Waals surface area contributed by atoms with Gasteiger partial charge in [-0.15, -0.1) is 0 Å². The minimum atomic E-state index is -3.82. The van der Waals surface area contributed by atoms with Crippen LogP contribution in [0.4, 0.5) is 5.69 Å². The Hall–Kier alpha value is -3.84. The highest BCUT2D eigenvalue weighted by atomic mass is 32.2. The predicted octanol–water partition coefficient (Wildman–Crippen LogP) is 4.78. The lowest BCUT2D eigenvalue weighted by Gasteiger charge is -2.22. The molecule has 7 heteroatoms. The first kappa shape index (κ1) is 23.3. The molecule has 0 aliphatic heterocycles. The number of para-hydroxylation sites is 1. The smallest absolute Gasteiger partial charge is 0.264 e. The van der Waals surface area contributed by atoms with Gasteiger partial charge >= 0.3 is 0 Å². The molecule has 0 fully saturated rings. The van der Waals surface area contributed by atoms with Crippen LogP contribution in [0.2, 0.25) is 0 Å². The van der Waals surface area contributed by atoms with E-state index in [4.69, 9.17) is 4.74 Å². The van der Waals surface area contributed by atoms with E-state index < -0.39 is 10.0 Å². The van der Waals surface area contributed by atoms with Crippen molar-refractivity contribution in [3.05, 3.63) is 102 Å². The van der Waals surface area contributed by atoms with Gasteiger partial charge in [0, 0.05) is 7.05 Å². The fourth-order valence-corrected chi connectivity index (χ4v) is 4.84. The number of amides is 1. The number of aryl methyl sites for hydroxylation is 1. The number of hydrogen-bond donors (Lipinski definition) is 1. The lowest BCUT2D eigenvalue weighted by molar-refractivity contribution is 0.0947. The van der Waals surface area contributed by atoms with Crippen molar-refractivity contribution in [1.29, 1.82) is 0 Å². The van der Waals surface area contributed by atoms with E-state index in [-0.39, 0.29) is 29.5 Å². The van der Waals surface area contributed by atoms with E-state index in [1.165, 1.54) is 7.05 Å². The van der Waals surface area contributed by atoms with Crippen molar-refractivity contribution in [2.75, 3.05) is 24.5 Å². The number of carbonyl (C=O) groups is 1. The molecule has 0 bridgehead atoms. The third-order valence-corrected chi connectivity index (χ3v) is 7.33. The molecule has 0 radical (unpaired) electrons. The zero-order chi connectivity index (χ0) is 24.1. The third kappa shape index (κ3) is 5.05. The number of sulfonamides is 1. The normalized spacial score (nSPS) is 11.2. The summed E-state index contributed by atoms with van der Waals surface area (Å²) in [6.45, 7) is 2.45. The molecule has 1 amide bonds. The Labute approximate surface area is 199 Å². The molecule has 0 heterocycles. The summed E-state index contributed by atoms with van der Waals surface area (Å²) in [7, 11) is -2.37. The topological polar surface area (TPSA) is 75.7 Å². The van der Waals surface area contributed by atoms with Crippen LogP contribution in [-0.2, 0) is 10.0 Å². The molecule has 0 unspecified atom stereocenters. The molecule has 4 aromatic carbocycles. The lowest BCUT2D eigenvalue weighted by atomic mass is 10.1. The summed E-state index contributed by atoms with van der Waals surface area (Å²) in [5.41, 5.74) is 1.54. The monoisotopic (exact) mass is 474 g/mol. The van der Waals surface area contributed by atoms with Crippen LogP contribution in [0.5, 0.6) is 5.75 Å². The third-order valence-electron chi connectivity index (χ3n) is 5.54. The fraction of sp³-hybridized carbons (Fsp3) is 0.148. The van der Waals surface area contributed by atoms with Crippen molar-refractivity contribution in [1.82, 2.24) is 5.32 Å². The summed E-state index contributed by atoms with van der Waals surface area (Å²) in [6.07, 6.45) is 0. The van der Waals surface area contributed by atoms with Gasteiger partial charge in [-0.2, -0.15) is 0 Å². The summed E-state index contributed by atoms with van der Waals surface area (Å²) < 4.78 is 33.1. The van der Waals surface area contributed by atoms with Crippen molar-refractivity contribution in [2.45, 2.75) is 11.8 Å². The van der Waals surface area contributed by atoms with Gasteiger partial charge in [-0.1, -0.05) is 60.2 Å². The number of fused-ring (bicyclic) bond motifs is 1. The van der Waals surface area contributed by atoms with Crippen molar-refractivity contribution in [3.8, 4) is 5.75 Å². The maximum atomic E-state index is 13.1. The summed E-state index contributed by atoms with van der Waals surface area (Å²) in [5.74, 6) is 0.348. The molecule has 0 aliphatic carbocycles. The predicted molar refractivity (Wildman–Crippen MR) is 135 cm³/mol. The van der Waals surface area contributed by atoms with Gasteiger partial charge in [0.2, 0.25) is 0 Å². The highest BCUT2D eigenvalue weighted by Gasteiger charge is 2.24. The molecule has 34 heavy (non-hydrogen) atoms. The number of anilines is 1. The first-order valence-corrected chi connectivity index (χ1v) is 12.3. The Bertz CT molecular complexity index is 1420. The van der Waals surface area contributed by atoms with Crippen LogP contribution in [0, 0.1) is 6.92 Å². The zero-order valence-corrected chi connectivity index (χ0v) is 19.9. The molecule has 0 aromatic heterocycles. The molecule has 6 nitrogen and oxygen atoms in total. The Morgan fingerprint density at radius 2 is 1.56 bits per heavy atom. The average molecular weight is 475 g/mol. The highest BCUT2D eigenvalue weighted by Crippen LogP contribution is 2.26. The molecule has 4 rings (SSSR count). The second-order valence-electron chi connectivity index (χ2n) is 7.92. The molecule has 0 atom stereocenters. The van der Waals surface area contributed by atoms with E-state index in [0.717, 1.165) is 26.4 Å². The molecule has 174 valence electrons. The number of carbonyl (C=O) groups excluding carboxylic acids is 1. The van der Waals surface area contributed by atoms with Crippen molar-refractivity contribution in [2.24, 2.45) is 0 Å². The van der Waals surface area contributed by atoms with E-state index in [2.05, 4.69) is 5.32 Å². The molecule has 4 aromatic rings. The van der Waals surface area contributed by atoms with Crippen molar-refractivity contribution < 1.29 is 17.9 Å². The molecule has 1 N–H and O–H groups in total. The van der Waals surface area contributed by atoms with E-state index in [0.29, 0.717) is 5.69 Å². The zero-order valence-electron chi connectivity index (χ0n) is 19.1. The van der Waals surface area contributed by atoms with E-state index in [1.54, 1.807) is 48.5 Å². The van der Waals surface area contributed by atoms with E-state index in [1.807, 2.05) is 49.4 Å². The van der Waals surface area contributed by atoms with Crippen LogP contribution in [-0.4, -0.2) is 34.5 Å². The van der Waals surface area contributed by atoms with E-state index in [9.17, 15) is 13.2 Å². The average Bonchev–Trinajstić information content (AvgIpc) is 2.86. The van der Waals surface area contributed by atoms with Crippen LogP contribution in [0.3, 0.4) is 0 Å². The number of nitrogens with one attached hydrogen (secondary N) is 1. The first-order chi connectivity index (χ1) is 16.4. The molecular weight excluding hydrogens is 448 g/mol. The first-order valence-electron chi connectivity index (χ1n) is 10.9. The summed E-state index contributed by atoms with van der Waals surface area (Å²) in [4.78, 5) is 13.0. The van der Waals surface area contributed by atoms with Crippen molar-refractivity contribution in [3.63, 3.8) is 0 Å². The number of rotatable bonds is 8. The van der Waals surface area contributed by atoms with Gasteiger partial charge in [0.15, 0.2) is 0 Å². The maximum Gasteiger partial charge on any atom is 0.264 e. The number of benzene rings is 4. The number of nitrogens with zero attached hydrogens (tertiary/aromatic N) is 1. The molecule has 0 saturated carbocycles. The van der Waals surface area contributed by atoms with Gasteiger partial charge in [-0.05, 0) is 54.1 Å². The van der Waals surface area contributed by atoms with Gasteiger partial charge in [0.1, 0.15) is 12.4 Å². The Kier molecular flexibility index (Phi) is 6.84. The van der Waals surface area contributed by atoms with Crippen LogP contribution in [0.15, 0.2) is 95.9 Å². The van der Waals surface area contributed by atoms with Crippen LogP contribution >= 0.6 is 0 Å². The maximum absolute atomic E-state index is 13.1. The molecular formula is C27H26N2O4S. The quantitative estimate of drug-likeness (QED) is 0.373. The van der Waals surface area contributed by atoms with Gasteiger partial charge in [-0.3, -0.25) is 9.10 Å². The second kappa shape index (κ2) is 9.97. The standard InChI is InChI=1S/C27H26N2O4S/c1-20-11-15-24(16-12-20)34(31,32)29(2)26-10-6-5-9-25(26)27(30)28-17-18-33-23-14-13-21-7-3-4-8-22(21)19-23/h3-16,19H,17-18H2,1-2H3,(H,28,30). The largest absolute Gasteiger partial charge is 0.492 e. The summed E-state index contributed by atoms with van der Waals surface area (Å²) >= 11 is 0. The second-order valence-corrected chi connectivity index (χ2v) is 9.89. The van der Waals surface area contributed by atoms with Crippen LogP contribution in [0.25, 0.3) is 10.8 Å².